The van der Waals surface area contributed by atoms with E-state index in [-0.39, 0.29) is 12.1 Å². The number of esters is 1. The Bertz CT molecular complexity index is 1220. The highest BCUT2D eigenvalue weighted by atomic mass is 16.5. The Hall–Kier alpha value is -3.32. The maximum absolute atomic E-state index is 13.2. The number of carbonyl (C=O) groups is 1. The second kappa shape index (κ2) is 9.89. The van der Waals surface area contributed by atoms with Crippen LogP contribution in [-0.2, 0) is 9.47 Å². The Morgan fingerprint density at radius 3 is 2.59 bits per heavy atom. The minimum absolute atomic E-state index is 0.193. The van der Waals surface area contributed by atoms with Crippen molar-refractivity contribution in [3.63, 3.8) is 0 Å². The van der Waals surface area contributed by atoms with Crippen molar-refractivity contribution in [2.45, 2.75) is 33.8 Å². The summed E-state index contributed by atoms with van der Waals surface area (Å²) in [6.45, 7) is 10.8. The van der Waals surface area contributed by atoms with Crippen LogP contribution in [0.4, 0.5) is 5.82 Å². The highest BCUT2D eigenvalue weighted by Gasteiger charge is 2.25. The van der Waals surface area contributed by atoms with Crippen molar-refractivity contribution in [1.29, 1.82) is 0 Å². The molecular formula is C27H34N4O3. The molecule has 0 atom stereocenters. The van der Waals surface area contributed by atoms with E-state index in [1.165, 1.54) is 0 Å². The number of hydrogen-bond donors (Lipinski definition) is 0. The first-order chi connectivity index (χ1) is 16.3. The molecule has 1 fully saturated rings. The van der Waals surface area contributed by atoms with E-state index in [4.69, 9.17) is 9.47 Å². The van der Waals surface area contributed by atoms with Gasteiger partial charge in [-0.1, -0.05) is 6.08 Å². The van der Waals surface area contributed by atoms with E-state index >= 15 is 0 Å². The number of pyridine rings is 2. The van der Waals surface area contributed by atoms with E-state index in [9.17, 15) is 4.79 Å². The summed E-state index contributed by atoms with van der Waals surface area (Å²) in [5.74, 6) is 0.579. The lowest BCUT2D eigenvalue weighted by Gasteiger charge is -2.32. The Labute approximate surface area is 201 Å². The molecule has 4 heterocycles. The van der Waals surface area contributed by atoms with Gasteiger partial charge in [0.2, 0.25) is 0 Å². The lowest BCUT2D eigenvalue weighted by Crippen LogP contribution is -2.35. The molecule has 1 aliphatic heterocycles. The van der Waals surface area contributed by atoms with Crippen molar-refractivity contribution in [3.8, 4) is 11.1 Å². The molecule has 4 rings (SSSR count). The topological polar surface area (TPSA) is 59.3 Å². The van der Waals surface area contributed by atoms with Crippen LogP contribution < -0.4 is 4.90 Å². The SMILES string of the molecule is CC=C(c1c(C)c(C(=O)OC(C)C)cc2c(-c3ccnc(N(C)C)c3)ccn12)N1CCOCC1. The van der Waals surface area contributed by atoms with Crippen LogP contribution in [0.15, 0.2) is 42.7 Å². The molecule has 0 radical (unpaired) electrons. The third kappa shape index (κ3) is 4.53. The molecule has 7 heteroatoms. The monoisotopic (exact) mass is 462 g/mol. The molecular weight excluding hydrogens is 428 g/mol. The van der Waals surface area contributed by atoms with Gasteiger partial charge in [-0.25, -0.2) is 9.78 Å². The zero-order valence-corrected chi connectivity index (χ0v) is 21.0. The van der Waals surface area contributed by atoms with Crippen LogP contribution in [0.3, 0.4) is 0 Å². The van der Waals surface area contributed by atoms with Crippen LogP contribution in [0.25, 0.3) is 22.3 Å². The predicted octanol–water partition coefficient (Wildman–Crippen LogP) is 4.63. The molecule has 0 spiro atoms. The molecule has 1 saturated heterocycles. The molecule has 0 unspecified atom stereocenters. The van der Waals surface area contributed by atoms with Gasteiger partial charge in [-0.15, -0.1) is 0 Å². The van der Waals surface area contributed by atoms with Crippen LogP contribution in [-0.4, -0.2) is 66.8 Å². The maximum atomic E-state index is 13.2. The van der Waals surface area contributed by atoms with E-state index in [1.807, 2.05) is 65.0 Å². The molecule has 7 nitrogen and oxygen atoms in total. The summed E-state index contributed by atoms with van der Waals surface area (Å²) in [6, 6.07) is 8.14. The summed E-state index contributed by atoms with van der Waals surface area (Å²) >= 11 is 0. The molecule has 1 aliphatic rings. The fourth-order valence-electron chi connectivity index (χ4n) is 4.49. The highest BCUT2D eigenvalue weighted by Crippen LogP contribution is 2.34. The van der Waals surface area contributed by atoms with Gasteiger partial charge in [0.05, 0.1) is 41.8 Å². The molecule has 34 heavy (non-hydrogen) atoms. The van der Waals surface area contributed by atoms with Crippen molar-refractivity contribution < 1.29 is 14.3 Å². The molecule has 3 aromatic rings. The summed E-state index contributed by atoms with van der Waals surface area (Å²) in [5.41, 5.74) is 6.64. The van der Waals surface area contributed by atoms with Gasteiger partial charge in [-0.3, -0.25) is 0 Å². The zero-order chi connectivity index (χ0) is 24.4. The van der Waals surface area contributed by atoms with Crippen molar-refractivity contribution in [2.75, 3.05) is 45.3 Å². The van der Waals surface area contributed by atoms with Crippen LogP contribution in [0.2, 0.25) is 0 Å². The maximum Gasteiger partial charge on any atom is 0.338 e. The third-order valence-electron chi connectivity index (χ3n) is 6.15. The summed E-state index contributed by atoms with van der Waals surface area (Å²) in [7, 11) is 3.96. The molecule has 3 aromatic heterocycles. The van der Waals surface area contributed by atoms with Gasteiger partial charge in [0.1, 0.15) is 5.82 Å². The Balaban J connectivity index is 1.96. The standard InChI is InChI=1S/C27H34N4O3/c1-7-23(30-12-14-33-15-13-30)26-19(4)22(27(32)34-18(2)3)17-24-21(9-11-31(24)26)20-8-10-28-25(16-20)29(5)6/h7-11,16-18H,12-15H2,1-6H3. The number of anilines is 1. The van der Waals surface area contributed by atoms with Crippen LogP contribution in [0, 0.1) is 6.92 Å². The predicted molar refractivity (Wildman–Crippen MR) is 136 cm³/mol. The fourth-order valence-corrected chi connectivity index (χ4v) is 4.49. The van der Waals surface area contributed by atoms with E-state index < -0.39 is 0 Å². The van der Waals surface area contributed by atoms with Gasteiger partial charge in [0, 0.05) is 45.1 Å². The Morgan fingerprint density at radius 1 is 1.21 bits per heavy atom. The third-order valence-corrected chi connectivity index (χ3v) is 6.15. The van der Waals surface area contributed by atoms with Crippen LogP contribution in [0.1, 0.15) is 42.4 Å². The Kier molecular flexibility index (Phi) is 6.93. The molecule has 0 saturated carbocycles. The van der Waals surface area contributed by atoms with Crippen molar-refractivity contribution >= 4 is 23.0 Å². The van der Waals surface area contributed by atoms with Crippen molar-refractivity contribution in [3.05, 3.63) is 59.6 Å². The van der Waals surface area contributed by atoms with Gasteiger partial charge in [0.25, 0.3) is 0 Å². The zero-order valence-electron chi connectivity index (χ0n) is 21.0. The summed E-state index contributed by atoms with van der Waals surface area (Å²) in [6.07, 6.45) is 5.84. The lowest BCUT2D eigenvalue weighted by molar-refractivity contribution is 0.0377. The first-order valence-corrected chi connectivity index (χ1v) is 11.8. The first kappa shape index (κ1) is 23.8. The number of fused-ring (bicyclic) bond motifs is 1. The van der Waals surface area contributed by atoms with Gasteiger partial charge in [0.15, 0.2) is 0 Å². The number of ether oxygens (including phenoxy) is 2. The summed E-state index contributed by atoms with van der Waals surface area (Å²) in [4.78, 5) is 21.9. The molecule has 0 amide bonds. The van der Waals surface area contributed by atoms with Gasteiger partial charge < -0.3 is 23.7 Å². The lowest BCUT2D eigenvalue weighted by atomic mass is 10.0. The number of carbonyl (C=O) groups excluding carboxylic acids is 1. The first-order valence-electron chi connectivity index (χ1n) is 11.8. The largest absolute Gasteiger partial charge is 0.459 e. The highest BCUT2D eigenvalue weighted by molar-refractivity contribution is 5.96. The molecule has 0 aliphatic carbocycles. The van der Waals surface area contributed by atoms with E-state index in [2.05, 4.69) is 38.7 Å². The van der Waals surface area contributed by atoms with Crippen molar-refractivity contribution in [2.24, 2.45) is 0 Å². The fraction of sp³-hybridized carbons (Fsp3) is 0.407. The molecule has 0 aromatic carbocycles. The number of aromatic nitrogens is 2. The van der Waals surface area contributed by atoms with E-state index in [0.717, 1.165) is 52.5 Å². The minimum Gasteiger partial charge on any atom is -0.459 e. The number of allylic oxidation sites excluding steroid dienone is 1. The minimum atomic E-state index is -0.301. The second-order valence-corrected chi connectivity index (χ2v) is 9.04. The van der Waals surface area contributed by atoms with Crippen LogP contribution in [0.5, 0.6) is 0 Å². The quantitative estimate of drug-likeness (QED) is 0.498. The number of morpholine rings is 1. The average Bonchev–Trinajstić information content (AvgIpc) is 3.24. The summed E-state index contributed by atoms with van der Waals surface area (Å²) in [5, 5.41) is 0. The molecule has 0 bridgehead atoms. The van der Waals surface area contributed by atoms with E-state index in [1.54, 1.807) is 0 Å². The normalized spacial score (nSPS) is 14.7. The smallest absolute Gasteiger partial charge is 0.338 e. The summed E-state index contributed by atoms with van der Waals surface area (Å²) < 4.78 is 13.4. The number of nitrogens with zero attached hydrogens (tertiary/aromatic N) is 4. The van der Waals surface area contributed by atoms with Crippen molar-refractivity contribution in [1.82, 2.24) is 14.3 Å². The van der Waals surface area contributed by atoms with Crippen LogP contribution >= 0.6 is 0 Å². The average molecular weight is 463 g/mol. The Morgan fingerprint density at radius 2 is 1.94 bits per heavy atom. The van der Waals surface area contributed by atoms with Gasteiger partial charge in [-0.2, -0.15) is 0 Å². The molecule has 180 valence electrons. The van der Waals surface area contributed by atoms with Gasteiger partial charge in [-0.05, 0) is 63.1 Å². The van der Waals surface area contributed by atoms with E-state index in [0.29, 0.717) is 18.8 Å². The number of rotatable bonds is 6. The second-order valence-electron chi connectivity index (χ2n) is 9.04. The van der Waals surface area contributed by atoms with Gasteiger partial charge >= 0.3 is 5.97 Å². The molecule has 0 N–H and O–H groups in total. The number of hydrogen-bond acceptors (Lipinski definition) is 6.